The third-order valence-electron chi connectivity index (χ3n) is 3.40. The smallest absolute Gasteiger partial charge is 0.488 e. The molecule has 2 aromatic rings. The Morgan fingerprint density at radius 1 is 1.13 bits per heavy atom. The summed E-state index contributed by atoms with van der Waals surface area (Å²) >= 11 is 11.9. The van der Waals surface area contributed by atoms with Gasteiger partial charge in [0.2, 0.25) is 0 Å². The summed E-state index contributed by atoms with van der Waals surface area (Å²) in [5, 5.41) is 9.58. The van der Waals surface area contributed by atoms with Crippen LogP contribution < -0.4 is 4.74 Å². The van der Waals surface area contributed by atoms with Crippen LogP contribution in [0.15, 0.2) is 36.4 Å². The molecule has 0 radical (unpaired) electrons. The summed E-state index contributed by atoms with van der Waals surface area (Å²) in [6.45, 7) is 0.00285. The molecule has 1 unspecified atom stereocenters. The molecule has 0 saturated heterocycles. The molecule has 2 aromatic carbocycles. The number of fused-ring (bicyclic) bond motifs is 1. The molecular weight excluding hydrogens is 343 g/mol. The zero-order valence-corrected chi connectivity index (χ0v) is 13.1. The second-order valence-electron chi connectivity index (χ2n) is 4.89. The molecule has 0 amide bonds. The predicted molar refractivity (Wildman–Crippen MR) is 83.7 cm³/mol. The first-order valence-corrected chi connectivity index (χ1v) is 7.37. The Morgan fingerprint density at radius 3 is 2.48 bits per heavy atom. The third kappa shape index (κ3) is 3.11. The maximum Gasteiger partial charge on any atom is 0.506 e. The highest BCUT2D eigenvalue weighted by Crippen LogP contribution is 2.40. The highest BCUT2D eigenvalue weighted by atomic mass is 35.5. The topological polar surface area (TPSA) is 72.8 Å². The molecule has 23 heavy (non-hydrogen) atoms. The normalized spacial score (nSPS) is 15.7. The fraction of sp³-hybridized carbons (Fsp3) is 0.125. The quantitative estimate of drug-likeness (QED) is 0.656. The minimum atomic E-state index is -1.42. The zero-order valence-electron chi connectivity index (χ0n) is 11.6. The van der Waals surface area contributed by atoms with Crippen LogP contribution in [0.1, 0.15) is 27.6 Å². The van der Waals surface area contributed by atoms with Crippen molar-refractivity contribution in [2.45, 2.75) is 6.10 Å². The number of benzene rings is 2. The fourth-order valence-electron chi connectivity index (χ4n) is 2.41. The molecule has 118 valence electrons. The molecule has 1 heterocycles. The van der Waals surface area contributed by atoms with Crippen LogP contribution in [0.4, 0.5) is 4.79 Å². The van der Waals surface area contributed by atoms with Gasteiger partial charge in [-0.05, 0) is 36.4 Å². The molecule has 1 aliphatic rings. The van der Waals surface area contributed by atoms with Crippen molar-refractivity contribution in [2.24, 2.45) is 0 Å². The van der Waals surface area contributed by atoms with Crippen LogP contribution in [-0.4, -0.2) is 23.7 Å². The summed E-state index contributed by atoms with van der Waals surface area (Å²) in [4.78, 5) is 23.4. The third-order valence-corrected chi connectivity index (χ3v) is 3.87. The number of ether oxygens (including phenoxy) is 2. The molecule has 7 heteroatoms. The van der Waals surface area contributed by atoms with Crippen LogP contribution in [0, 0.1) is 0 Å². The average molecular weight is 353 g/mol. The molecule has 0 aromatic heterocycles. The van der Waals surface area contributed by atoms with Gasteiger partial charge in [0.15, 0.2) is 11.9 Å². The Morgan fingerprint density at radius 2 is 1.83 bits per heavy atom. The van der Waals surface area contributed by atoms with Crippen molar-refractivity contribution in [1.29, 1.82) is 0 Å². The van der Waals surface area contributed by atoms with Crippen LogP contribution in [0.5, 0.6) is 5.75 Å². The number of halogens is 2. The van der Waals surface area contributed by atoms with Gasteiger partial charge in [-0.1, -0.05) is 23.2 Å². The molecule has 1 atom stereocenters. The summed E-state index contributed by atoms with van der Waals surface area (Å²) in [6.07, 6.45) is -2.23. The van der Waals surface area contributed by atoms with Gasteiger partial charge in [-0.25, -0.2) is 4.79 Å². The molecular formula is C16H10Cl2O5. The van der Waals surface area contributed by atoms with E-state index in [9.17, 15) is 9.59 Å². The lowest BCUT2D eigenvalue weighted by atomic mass is 9.99. The molecule has 5 nitrogen and oxygen atoms in total. The molecule has 1 aliphatic heterocycles. The SMILES string of the molecule is O=C(O)OC1COc2c(C(=O)c3ccc(Cl)cc3)cc(Cl)cc21. The van der Waals surface area contributed by atoms with Crippen molar-refractivity contribution >= 4 is 35.1 Å². The summed E-state index contributed by atoms with van der Waals surface area (Å²) in [7, 11) is 0. The summed E-state index contributed by atoms with van der Waals surface area (Å²) < 4.78 is 10.2. The first-order chi connectivity index (χ1) is 11.0. The fourth-order valence-corrected chi connectivity index (χ4v) is 2.76. The summed E-state index contributed by atoms with van der Waals surface area (Å²) in [5.74, 6) is -0.00279. The largest absolute Gasteiger partial charge is 0.506 e. The highest BCUT2D eigenvalue weighted by Gasteiger charge is 2.32. The Labute approximate surface area is 141 Å². The number of rotatable bonds is 3. The minimum Gasteiger partial charge on any atom is -0.488 e. The van der Waals surface area contributed by atoms with E-state index in [1.807, 2.05) is 0 Å². The lowest BCUT2D eigenvalue weighted by molar-refractivity contribution is 0.0419. The summed E-state index contributed by atoms with van der Waals surface area (Å²) in [5.41, 5.74) is 1.12. The van der Waals surface area contributed by atoms with Gasteiger partial charge in [0.05, 0.1) is 5.56 Å². The van der Waals surface area contributed by atoms with E-state index in [0.717, 1.165) is 0 Å². The van der Waals surface area contributed by atoms with Crippen molar-refractivity contribution in [1.82, 2.24) is 0 Å². The van der Waals surface area contributed by atoms with Gasteiger partial charge in [0, 0.05) is 21.2 Å². The molecule has 0 aliphatic carbocycles. The Hall–Kier alpha value is -2.24. The van der Waals surface area contributed by atoms with Crippen molar-refractivity contribution < 1.29 is 24.2 Å². The highest BCUT2D eigenvalue weighted by molar-refractivity contribution is 6.31. The van der Waals surface area contributed by atoms with Crippen LogP contribution in [0.2, 0.25) is 10.0 Å². The Bertz CT molecular complexity index is 786. The van der Waals surface area contributed by atoms with Gasteiger partial charge in [-0.15, -0.1) is 0 Å². The van der Waals surface area contributed by atoms with Crippen molar-refractivity contribution in [3.05, 3.63) is 63.1 Å². The number of ketones is 1. The summed E-state index contributed by atoms with van der Waals surface area (Å²) in [6, 6.07) is 9.43. The second-order valence-corrected chi connectivity index (χ2v) is 5.76. The molecule has 1 N–H and O–H groups in total. The number of hydrogen-bond donors (Lipinski definition) is 1. The first-order valence-electron chi connectivity index (χ1n) is 6.62. The van der Waals surface area contributed by atoms with Crippen LogP contribution in [0.25, 0.3) is 0 Å². The van der Waals surface area contributed by atoms with E-state index in [2.05, 4.69) is 0 Å². The van der Waals surface area contributed by atoms with Gasteiger partial charge in [0.1, 0.15) is 12.4 Å². The molecule has 0 spiro atoms. The number of carbonyl (C=O) groups excluding carboxylic acids is 1. The lowest BCUT2D eigenvalue weighted by Crippen LogP contribution is -2.10. The van der Waals surface area contributed by atoms with Gasteiger partial charge in [-0.2, -0.15) is 0 Å². The maximum absolute atomic E-state index is 12.7. The van der Waals surface area contributed by atoms with Crippen LogP contribution >= 0.6 is 23.2 Å². The van der Waals surface area contributed by atoms with Crippen molar-refractivity contribution in [3.63, 3.8) is 0 Å². The van der Waals surface area contributed by atoms with Gasteiger partial charge in [0.25, 0.3) is 0 Å². The molecule has 0 saturated carbocycles. The van der Waals surface area contributed by atoms with E-state index in [1.165, 1.54) is 12.1 Å². The second kappa shape index (κ2) is 6.10. The maximum atomic E-state index is 12.7. The van der Waals surface area contributed by atoms with Gasteiger partial charge in [-0.3, -0.25) is 4.79 Å². The van der Waals surface area contributed by atoms with Gasteiger partial charge < -0.3 is 14.6 Å². The number of hydrogen-bond acceptors (Lipinski definition) is 4. The van der Waals surface area contributed by atoms with E-state index >= 15 is 0 Å². The Kier molecular flexibility index (Phi) is 4.15. The van der Waals surface area contributed by atoms with E-state index in [0.29, 0.717) is 26.9 Å². The van der Waals surface area contributed by atoms with E-state index < -0.39 is 12.3 Å². The average Bonchev–Trinajstić information content (AvgIpc) is 2.89. The lowest BCUT2D eigenvalue weighted by Gasteiger charge is -2.10. The molecule has 3 rings (SSSR count). The van der Waals surface area contributed by atoms with E-state index in [4.69, 9.17) is 37.8 Å². The zero-order chi connectivity index (χ0) is 16.6. The van der Waals surface area contributed by atoms with Crippen LogP contribution in [0.3, 0.4) is 0 Å². The number of carbonyl (C=O) groups is 2. The van der Waals surface area contributed by atoms with E-state index in [-0.39, 0.29) is 18.0 Å². The van der Waals surface area contributed by atoms with Crippen molar-refractivity contribution in [2.75, 3.05) is 6.61 Å². The van der Waals surface area contributed by atoms with Gasteiger partial charge >= 0.3 is 6.16 Å². The Balaban J connectivity index is 2.02. The molecule has 0 fully saturated rings. The monoisotopic (exact) mass is 352 g/mol. The first kappa shape index (κ1) is 15.6. The van der Waals surface area contributed by atoms with Crippen LogP contribution in [-0.2, 0) is 4.74 Å². The standard InChI is InChI=1S/C16H10Cl2O5/c17-9-3-1-8(2-4-9)14(19)12-6-10(18)5-11-13(23-16(20)21)7-22-15(11)12/h1-6,13H,7H2,(H,20,21). The predicted octanol–water partition coefficient (Wildman–Crippen LogP) is 4.35. The molecule has 0 bridgehead atoms. The van der Waals surface area contributed by atoms with Crippen molar-refractivity contribution in [3.8, 4) is 5.75 Å². The minimum absolute atomic E-state index is 0.00285. The van der Waals surface area contributed by atoms with E-state index in [1.54, 1.807) is 24.3 Å². The number of carboxylic acid groups (broad SMARTS) is 1.